The van der Waals surface area contributed by atoms with E-state index < -0.39 is 16.1 Å². The molecular weight excluding hydrogens is 408 g/mol. The number of hydrogen-bond acceptors (Lipinski definition) is 4. The summed E-state index contributed by atoms with van der Waals surface area (Å²) in [6.07, 6.45) is 1.07. The third-order valence-electron chi connectivity index (χ3n) is 5.80. The predicted octanol–water partition coefficient (Wildman–Crippen LogP) is 3.83. The number of fused-ring (bicyclic) bond motifs is 1. The molecule has 3 aromatic carbocycles. The first kappa shape index (κ1) is 21.6. The second-order valence-electron chi connectivity index (χ2n) is 8.01. The van der Waals surface area contributed by atoms with Gasteiger partial charge in [0.05, 0.1) is 17.0 Å². The molecule has 0 amide bonds. The van der Waals surface area contributed by atoms with E-state index in [0.717, 1.165) is 36.2 Å². The van der Waals surface area contributed by atoms with Crippen LogP contribution in [0.3, 0.4) is 0 Å². The summed E-state index contributed by atoms with van der Waals surface area (Å²) in [6.45, 7) is 2.64. The minimum Gasteiger partial charge on any atom is -0.389 e. The summed E-state index contributed by atoms with van der Waals surface area (Å²) >= 11 is 0. The van der Waals surface area contributed by atoms with Crippen molar-refractivity contribution in [3.8, 4) is 0 Å². The van der Waals surface area contributed by atoms with Gasteiger partial charge in [-0.2, -0.15) is 0 Å². The molecular formula is C25H28N2O3S. The van der Waals surface area contributed by atoms with Crippen molar-refractivity contribution in [1.82, 2.24) is 4.72 Å². The number of nitrogens with zero attached hydrogens (tertiary/aromatic N) is 1. The Hall–Kier alpha value is -2.67. The Morgan fingerprint density at radius 1 is 0.968 bits per heavy atom. The van der Waals surface area contributed by atoms with Crippen LogP contribution in [0.4, 0.5) is 5.69 Å². The fourth-order valence-corrected chi connectivity index (χ4v) is 5.27. The van der Waals surface area contributed by atoms with Crippen LogP contribution in [-0.2, 0) is 16.4 Å². The first-order chi connectivity index (χ1) is 15.0. The topological polar surface area (TPSA) is 69.6 Å². The number of aliphatic hydroxyl groups is 1. The lowest BCUT2D eigenvalue weighted by Crippen LogP contribution is -2.44. The van der Waals surface area contributed by atoms with E-state index >= 15 is 0 Å². The summed E-state index contributed by atoms with van der Waals surface area (Å²) in [6, 6.07) is 24.4. The van der Waals surface area contributed by atoms with E-state index in [1.165, 1.54) is 5.56 Å². The zero-order valence-electron chi connectivity index (χ0n) is 17.6. The van der Waals surface area contributed by atoms with E-state index in [2.05, 4.69) is 21.8 Å². The van der Waals surface area contributed by atoms with Gasteiger partial charge < -0.3 is 10.0 Å². The highest BCUT2D eigenvalue weighted by Crippen LogP contribution is 2.35. The molecule has 6 heteroatoms. The van der Waals surface area contributed by atoms with Gasteiger partial charge in [-0.25, -0.2) is 13.1 Å². The number of rotatable bonds is 7. The van der Waals surface area contributed by atoms with Gasteiger partial charge in [0.2, 0.25) is 10.0 Å². The molecule has 2 N–H and O–H groups in total. The molecule has 1 heterocycles. The average Bonchev–Trinajstić information content (AvgIpc) is 2.79. The summed E-state index contributed by atoms with van der Waals surface area (Å²) in [5.74, 6) is 0. The molecule has 162 valence electrons. The van der Waals surface area contributed by atoms with Crippen LogP contribution in [0.2, 0.25) is 0 Å². The van der Waals surface area contributed by atoms with E-state index in [1.807, 2.05) is 49.4 Å². The highest BCUT2D eigenvalue weighted by atomic mass is 32.2. The van der Waals surface area contributed by atoms with Crippen molar-refractivity contribution in [2.24, 2.45) is 0 Å². The van der Waals surface area contributed by atoms with E-state index in [4.69, 9.17) is 0 Å². The van der Waals surface area contributed by atoms with Crippen molar-refractivity contribution in [3.63, 3.8) is 0 Å². The van der Waals surface area contributed by atoms with Gasteiger partial charge in [-0.05, 0) is 49.1 Å². The predicted molar refractivity (Wildman–Crippen MR) is 124 cm³/mol. The molecule has 0 aliphatic carbocycles. The van der Waals surface area contributed by atoms with Gasteiger partial charge in [0.25, 0.3) is 0 Å². The van der Waals surface area contributed by atoms with Gasteiger partial charge in [0, 0.05) is 18.8 Å². The Morgan fingerprint density at radius 3 is 2.39 bits per heavy atom. The summed E-state index contributed by atoms with van der Waals surface area (Å²) < 4.78 is 28.1. The number of sulfonamides is 1. The van der Waals surface area contributed by atoms with Crippen molar-refractivity contribution >= 4 is 15.7 Å². The SMILES string of the molecule is Cc1ccc(S(=O)(=O)NCC(O)C(c2ccccc2)N2CCCc3ccccc32)cc1. The van der Waals surface area contributed by atoms with E-state index in [9.17, 15) is 13.5 Å². The first-order valence-electron chi connectivity index (χ1n) is 10.6. The molecule has 4 rings (SSSR count). The quantitative estimate of drug-likeness (QED) is 0.591. The summed E-state index contributed by atoms with van der Waals surface area (Å²) in [4.78, 5) is 2.41. The lowest BCUT2D eigenvalue weighted by atomic mass is 9.94. The normalized spacial score (nSPS) is 15.9. The molecule has 0 saturated heterocycles. The Bertz CT molecular complexity index is 1120. The molecule has 0 saturated carbocycles. The lowest BCUT2D eigenvalue weighted by Gasteiger charge is -2.40. The maximum absolute atomic E-state index is 12.7. The van der Waals surface area contributed by atoms with Crippen molar-refractivity contribution in [1.29, 1.82) is 0 Å². The minimum atomic E-state index is -3.71. The molecule has 31 heavy (non-hydrogen) atoms. The Morgan fingerprint density at radius 2 is 1.65 bits per heavy atom. The van der Waals surface area contributed by atoms with Gasteiger partial charge in [-0.3, -0.25) is 0 Å². The number of aryl methyl sites for hydroxylation is 2. The second kappa shape index (κ2) is 9.22. The summed E-state index contributed by atoms with van der Waals surface area (Å²) in [5.41, 5.74) is 4.30. The van der Waals surface area contributed by atoms with Crippen molar-refractivity contribution in [2.45, 2.75) is 36.8 Å². The lowest BCUT2D eigenvalue weighted by molar-refractivity contribution is 0.143. The van der Waals surface area contributed by atoms with E-state index in [0.29, 0.717) is 0 Å². The number of aliphatic hydroxyl groups excluding tert-OH is 1. The third kappa shape index (κ3) is 4.82. The molecule has 2 atom stereocenters. The number of hydrogen-bond donors (Lipinski definition) is 2. The molecule has 0 fully saturated rings. The zero-order chi connectivity index (χ0) is 21.8. The number of benzene rings is 3. The highest BCUT2D eigenvalue weighted by molar-refractivity contribution is 7.89. The first-order valence-corrected chi connectivity index (χ1v) is 12.1. The van der Waals surface area contributed by atoms with Gasteiger partial charge in [0.1, 0.15) is 0 Å². The van der Waals surface area contributed by atoms with Crippen molar-refractivity contribution < 1.29 is 13.5 Å². The Kier molecular flexibility index (Phi) is 6.41. The van der Waals surface area contributed by atoms with Crippen LogP contribution in [0.5, 0.6) is 0 Å². The van der Waals surface area contributed by atoms with Crippen molar-refractivity contribution in [2.75, 3.05) is 18.0 Å². The smallest absolute Gasteiger partial charge is 0.240 e. The van der Waals surface area contributed by atoms with Crippen molar-refractivity contribution in [3.05, 3.63) is 95.6 Å². The van der Waals surface area contributed by atoms with Crippen LogP contribution in [0.1, 0.15) is 29.2 Å². The fourth-order valence-electron chi connectivity index (χ4n) is 4.22. The molecule has 2 unspecified atom stereocenters. The van der Waals surface area contributed by atoms with Crippen LogP contribution in [0, 0.1) is 6.92 Å². The second-order valence-corrected chi connectivity index (χ2v) is 9.78. The third-order valence-corrected chi connectivity index (χ3v) is 7.24. The molecule has 1 aliphatic heterocycles. The van der Waals surface area contributed by atoms with Gasteiger partial charge in [-0.1, -0.05) is 66.2 Å². The van der Waals surface area contributed by atoms with E-state index in [1.54, 1.807) is 24.3 Å². The Labute approximate surface area is 184 Å². The van der Waals surface area contributed by atoms with Crippen LogP contribution in [0.25, 0.3) is 0 Å². The minimum absolute atomic E-state index is 0.0750. The Balaban J connectivity index is 1.60. The molecule has 3 aromatic rings. The highest BCUT2D eigenvalue weighted by Gasteiger charge is 2.31. The van der Waals surface area contributed by atoms with Crippen LogP contribution in [0.15, 0.2) is 83.8 Å². The van der Waals surface area contributed by atoms with Gasteiger partial charge >= 0.3 is 0 Å². The summed E-state index contributed by atoms with van der Waals surface area (Å²) in [5, 5.41) is 11.2. The molecule has 0 bridgehead atoms. The monoisotopic (exact) mass is 436 g/mol. The standard InChI is InChI=1S/C25H28N2O3S/c1-19-13-15-22(16-14-19)31(29,30)26-18-24(28)25(21-9-3-2-4-10-21)27-17-7-11-20-8-5-6-12-23(20)27/h2-6,8-10,12-16,24-26,28H,7,11,17-18H2,1H3. The molecule has 0 aromatic heterocycles. The van der Waals surface area contributed by atoms with Gasteiger partial charge in [-0.15, -0.1) is 0 Å². The van der Waals surface area contributed by atoms with Crippen LogP contribution in [-0.4, -0.2) is 32.7 Å². The maximum Gasteiger partial charge on any atom is 0.240 e. The fraction of sp³-hybridized carbons (Fsp3) is 0.280. The molecule has 0 radical (unpaired) electrons. The molecule has 5 nitrogen and oxygen atoms in total. The zero-order valence-corrected chi connectivity index (χ0v) is 18.4. The number of nitrogens with one attached hydrogen (secondary N) is 1. The number of anilines is 1. The molecule has 1 aliphatic rings. The van der Waals surface area contributed by atoms with Gasteiger partial charge in [0.15, 0.2) is 0 Å². The number of para-hydroxylation sites is 1. The van der Waals surface area contributed by atoms with Crippen LogP contribution < -0.4 is 9.62 Å². The molecule has 0 spiro atoms. The maximum atomic E-state index is 12.7. The average molecular weight is 437 g/mol. The van der Waals surface area contributed by atoms with Crippen LogP contribution >= 0.6 is 0 Å². The largest absolute Gasteiger partial charge is 0.389 e. The summed E-state index contributed by atoms with van der Waals surface area (Å²) in [7, 11) is -3.71. The van der Waals surface area contributed by atoms with E-state index in [-0.39, 0.29) is 17.5 Å².